The van der Waals surface area contributed by atoms with E-state index in [0.29, 0.717) is 5.82 Å². The number of nitrogens with zero attached hydrogens (tertiary/aromatic N) is 3. The zero-order valence-electron chi connectivity index (χ0n) is 10.8. The van der Waals surface area contributed by atoms with Crippen molar-refractivity contribution in [3.63, 3.8) is 0 Å². The maximum absolute atomic E-state index is 11.7. The fraction of sp³-hybridized carbons (Fsp3) is 0.0714. The van der Waals surface area contributed by atoms with Crippen LogP contribution in [0.2, 0.25) is 0 Å². The van der Waals surface area contributed by atoms with Gasteiger partial charge in [-0.1, -0.05) is 12.1 Å². The third-order valence-electron chi connectivity index (χ3n) is 3.03. The Hall–Kier alpha value is -2.89. The smallest absolute Gasteiger partial charge is 0.340 e. The predicted molar refractivity (Wildman–Crippen MR) is 74.6 cm³/mol. The molecule has 2 aromatic heterocycles. The highest BCUT2D eigenvalue weighted by molar-refractivity contribution is 5.95. The van der Waals surface area contributed by atoms with Gasteiger partial charge < -0.3 is 10.5 Å². The van der Waals surface area contributed by atoms with Crippen LogP contribution in [0.5, 0.6) is 0 Å². The second-order valence-electron chi connectivity index (χ2n) is 4.22. The highest BCUT2D eigenvalue weighted by atomic mass is 16.5. The lowest BCUT2D eigenvalue weighted by molar-refractivity contribution is 0.0602. The van der Waals surface area contributed by atoms with E-state index in [2.05, 4.69) is 9.97 Å². The molecule has 0 unspecified atom stereocenters. The number of benzene rings is 1. The van der Waals surface area contributed by atoms with Gasteiger partial charge in [-0.05, 0) is 18.2 Å². The van der Waals surface area contributed by atoms with Crippen LogP contribution < -0.4 is 5.73 Å². The number of para-hydroxylation sites is 2. The van der Waals surface area contributed by atoms with Crippen molar-refractivity contribution in [3.8, 4) is 5.82 Å². The fourth-order valence-electron chi connectivity index (χ4n) is 2.02. The minimum Gasteiger partial charge on any atom is -0.465 e. The molecule has 6 nitrogen and oxygen atoms in total. The molecule has 0 amide bonds. The van der Waals surface area contributed by atoms with Crippen molar-refractivity contribution < 1.29 is 9.53 Å². The first-order valence-electron chi connectivity index (χ1n) is 5.97. The molecule has 0 saturated carbocycles. The first-order valence-corrected chi connectivity index (χ1v) is 5.97. The Labute approximate surface area is 114 Å². The minimum atomic E-state index is -0.490. The number of aromatic nitrogens is 3. The fourth-order valence-corrected chi connectivity index (χ4v) is 2.02. The third kappa shape index (κ3) is 1.87. The molecule has 2 heterocycles. The zero-order chi connectivity index (χ0) is 14.1. The van der Waals surface area contributed by atoms with E-state index in [1.165, 1.54) is 13.3 Å². The average molecular weight is 268 g/mol. The second-order valence-corrected chi connectivity index (χ2v) is 4.22. The summed E-state index contributed by atoms with van der Waals surface area (Å²) in [7, 11) is 1.31. The molecule has 0 spiro atoms. The zero-order valence-corrected chi connectivity index (χ0v) is 10.8. The number of carbonyl (C=O) groups excluding carboxylic acids is 1. The Morgan fingerprint density at radius 3 is 2.90 bits per heavy atom. The highest BCUT2D eigenvalue weighted by Crippen LogP contribution is 2.20. The van der Waals surface area contributed by atoms with Gasteiger partial charge in [0.25, 0.3) is 0 Å². The van der Waals surface area contributed by atoms with Gasteiger partial charge in [0.15, 0.2) is 0 Å². The Bertz CT molecular complexity index is 795. The number of methoxy groups -OCH3 is 1. The van der Waals surface area contributed by atoms with Crippen LogP contribution >= 0.6 is 0 Å². The van der Waals surface area contributed by atoms with E-state index < -0.39 is 5.97 Å². The summed E-state index contributed by atoms with van der Waals surface area (Å²) in [5.41, 5.74) is 8.07. The van der Waals surface area contributed by atoms with Gasteiger partial charge in [0.2, 0.25) is 0 Å². The Balaban J connectivity index is 2.17. The van der Waals surface area contributed by atoms with E-state index in [-0.39, 0.29) is 11.3 Å². The summed E-state index contributed by atoms with van der Waals surface area (Å²) in [6, 6.07) is 9.26. The molecule has 3 aromatic rings. The van der Waals surface area contributed by atoms with Gasteiger partial charge in [0.05, 0.1) is 35.6 Å². The normalized spacial score (nSPS) is 10.7. The molecule has 100 valence electrons. The minimum absolute atomic E-state index is 0.282. The lowest BCUT2D eigenvalue weighted by atomic mass is 10.2. The lowest BCUT2D eigenvalue weighted by Gasteiger charge is -2.07. The van der Waals surface area contributed by atoms with Gasteiger partial charge in [-0.25, -0.2) is 14.8 Å². The van der Waals surface area contributed by atoms with E-state index in [1.54, 1.807) is 17.0 Å². The molecular weight excluding hydrogens is 256 g/mol. The number of ether oxygens (including phenoxy) is 1. The Morgan fingerprint density at radius 1 is 1.30 bits per heavy atom. The number of pyridine rings is 1. The van der Waals surface area contributed by atoms with Gasteiger partial charge in [-0.15, -0.1) is 0 Å². The SMILES string of the molecule is COC(=O)c1cc(-n2cnc3ccccc32)ncc1N. The quantitative estimate of drug-likeness (QED) is 0.716. The van der Waals surface area contributed by atoms with Crippen molar-refractivity contribution in [1.82, 2.24) is 14.5 Å². The number of nitrogen functional groups attached to an aromatic ring is 1. The molecule has 0 atom stereocenters. The summed E-state index contributed by atoms with van der Waals surface area (Å²) >= 11 is 0. The number of hydrogen-bond donors (Lipinski definition) is 1. The number of rotatable bonds is 2. The number of esters is 1. The maximum atomic E-state index is 11.7. The molecule has 0 bridgehead atoms. The van der Waals surface area contributed by atoms with Crippen LogP contribution in [0.25, 0.3) is 16.9 Å². The molecule has 3 rings (SSSR count). The number of nitrogens with two attached hydrogens (primary N) is 1. The van der Waals surface area contributed by atoms with Crippen LogP contribution in [-0.4, -0.2) is 27.6 Å². The summed E-state index contributed by atoms with van der Waals surface area (Å²) < 4.78 is 6.50. The monoisotopic (exact) mass is 268 g/mol. The molecule has 0 aliphatic rings. The van der Waals surface area contributed by atoms with Gasteiger partial charge >= 0.3 is 5.97 Å². The number of fused-ring (bicyclic) bond motifs is 1. The first kappa shape index (κ1) is 12.2. The van der Waals surface area contributed by atoms with E-state index in [4.69, 9.17) is 10.5 Å². The molecule has 6 heteroatoms. The average Bonchev–Trinajstić information content (AvgIpc) is 2.91. The largest absolute Gasteiger partial charge is 0.465 e. The van der Waals surface area contributed by atoms with Crippen LogP contribution in [0.15, 0.2) is 42.9 Å². The molecule has 1 aromatic carbocycles. The summed E-state index contributed by atoms with van der Waals surface area (Å²) in [6.45, 7) is 0. The molecule has 0 aliphatic carbocycles. The molecule has 0 aliphatic heterocycles. The molecular formula is C14H12N4O2. The van der Waals surface area contributed by atoms with Crippen molar-refractivity contribution >= 4 is 22.7 Å². The van der Waals surface area contributed by atoms with Gasteiger partial charge in [-0.2, -0.15) is 0 Å². The van der Waals surface area contributed by atoms with Crippen LogP contribution in [0.3, 0.4) is 0 Å². The van der Waals surface area contributed by atoms with Crippen LogP contribution in [0, 0.1) is 0 Å². The van der Waals surface area contributed by atoms with E-state index >= 15 is 0 Å². The van der Waals surface area contributed by atoms with Crippen molar-refractivity contribution in [1.29, 1.82) is 0 Å². The van der Waals surface area contributed by atoms with Gasteiger partial charge in [0, 0.05) is 0 Å². The van der Waals surface area contributed by atoms with Crippen LogP contribution in [-0.2, 0) is 4.74 Å². The number of imidazole rings is 1. The third-order valence-corrected chi connectivity index (χ3v) is 3.03. The van der Waals surface area contributed by atoms with Gasteiger partial charge in [0.1, 0.15) is 12.1 Å². The van der Waals surface area contributed by atoms with Crippen molar-refractivity contribution in [2.24, 2.45) is 0 Å². The lowest BCUT2D eigenvalue weighted by Crippen LogP contribution is -2.08. The van der Waals surface area contributed by atoms with Crippen LogP contribution in [0.4, 0.5) is 5.69 Å². The number of carbonyl (C=O) groups is 1. The van der Waals surface area contributed by atoms with Gasteiger partial charge in [-0.3, -0.25) is 4.57 Å². The highest BCUT2D eigenvalue weighted by Gasteiger charge is 2.13. The Kier molecular flexibility index (Phi) is 2.83. The van der Waals surface area contributed by atoms with E-state index in [1.807, 2.05) is 24.3 Å². The standard InChI is InChI=1S/C14H12N4O2/c1-20-14(19)9-6-13(16-7-10(9)15)18-8-17-11-4-2-3-5-12(11)18/h2-8H,15H2,1H3. The summed E-state index contributed by atoms with van der Waals surface area (Å²) in [4.78, 5) is 20.2. The summed E-state index contributed by atoms with van der Waals surface area (Å²) in [5.74, 6) is 0.0730. The summed E-state index contributed by atoms with van der Waals surface area (Å²) in [5, 5.41) is 0. The first-order chi connectivity index (χ1) is 9.70. The van der Waals surface area contributed by atoms with E-state index in [9.17, 15) is 4.79 Å². The van der Waals surface area contributed by atoms with E-state index in [0.717, 1.165) is 11.0 Å². The number of hydrogen-bond acceptors (Lipinski definition) is 5. The van der Waals surface area contributed by atoms with Crippen molar-refractivity contribution in [2.45, 2.75) is 0 Å². The predicted octanol–water partition coefficient (Wildman–Crippen LogP) is 1.79. The van der Waals surface area contributed by atoms with Crippen molar-refractivity contribution in [2.75, 3.05) is 12.8 Å². The molecule has 20 heavy (non-hydrogen) atoms. The topological polar surface area (TPSA) is 83.0 Å². The molecule has 0 fully saturated rings. The number of anilines is 1. The maximum Gasteiger partial charge on any atom is 0.340 e. The molecule has 0 saturated heterocycles. The van der Waals surface area contributed by atoms with Crippen molar-refractivity contribution in [3.05, 3.63) is 48.4 Å². The second kappa shape index (κ2) is 4.65. The Morgan fingerprint density at radius 2 is 2.10 bits per heavy atom. The van der Waals surface area contributed by atoms with Crippen LogP contribution in [0.1, 0.15) is 10.4 Å². The molecule has 0 radical (unpaired) electrons. The molecule has 2 N–H and O–H groups in total. The summed E-state index contributed by atoms with van der Waals surface area (Å²) in [6.07, 6.45) is 3.10.